The number of carbonyl (C=O) groups excluding carboxylic acids is 1. The summed E-state index contributed by atoms with van der Waals surface area (Å²) in [6.45, 7) is 4.90. The lowest BCUT2D eigenvalue weighted by Crippen LogP contribution is -2.42. The number of sulfonamides is 1. The number of amides is 1. The Morgan fingerprint density at radius 3 is 2.67 bits per heavy atom. The molecule has 0 bridgehead atoms. The SMILES string of the molecule is CCCS(=O)(=O)NC(C)C(=O)Nc1n[nH]c(C)n1. The van der Waals surface area contributed by atoms with Crippen molar-refractivity contribution in [2.45, 2.75) is 33.2 Å². The zero-order valence-corrected chi connectivity index (χ0v) is 11.3. The average Bonchev–Trinajstić information content (AvgIpc) is 2.62. The molecule has 1 unspecified atom stereocenters. The molecule has 8 nitrogen and oxygen atoms in total. The van der Waals surface area contributed by atoms with E-state index in [1.807, 2.05) is 0 Å². The van der Waals surface area contributed by atoms with Gasteiger partial charge in [0.25, 0.3) is 0 Å². The van der Waals surface area contributed by atoms with E-state index >= 15 is 0 Å². The second-order valence-electron chi connectivity index (χ2n) is 3.89. The lowest BCUT2D eigenvalue weighted by molar-refractivity contribution is -0.117. The molecule has 0 aromatic carbocycles. The molecule has 3 N–H and O–H groups in total. The van der Waals surface area contributed by atoms with Gasteiger partial charge in [0.2, 0.25) is 21.9 Å². The minimum atomic E-state index is -3.42. The van der Waals surface area contributed by atoms with Gasteiger partial charge in [-0.25, -0.2) is 13.1 Å². The normalized spacial score (nSPS) is 13.3. The Labute approximate surface area is 106 Å². The molecule has 0 aliphatic heterocycles. The molecule has 1 rings (SSSR count). The van der Waals surface area contributed by atoms with Gasteiger partial charge in [-0.3, -0.25) is 15.2 Å². The highest BCUT2D eigenvalue weighted by molar-refractivity contribution is 7.89. The Hall–Kier alpha value is -1.48. The molecule has 0 aliphatic rings. The number of nitrogens with zero attached hydrogens (tertiary/aromatic N) is 2. The van der Waals surface area contributed by atoms with Gasteiger partial charge in [-0.1, -0.05) is 6.92 Å². The van der Waals surface area contributed by atoms with Crippen molar-refractivity contribution in [1.82, 2.24) is 19.9 Å². The van der Waals surface area contributed by atoms with Crippen molar-refractivity contribution >= 4 is 21.9 Å². The third-order valence-electron chi connectivity index (χ3n) is 2.05. The number of aromatic nitrogens is 3. The largest absolute Gasteiger partial charge is 0.292 e. The van der Waals surface area contributed by atoms with E-state index in [1.165, 1.54) is 6.92 Å². The zero-order chi connectivity index (χ0) is 13.8. The van der Waals surface area contributed by atoms with Crippen LogP contribution in [-0.2, 0) is 14.8 Å². The maximum Gasteiger partial charge on any atom is 0.248 e. The Bertz CT molecular complexity index is 510. The summed E-state index contributed by atoms with van der Waals surface area (Å²) in [5, 5.41) is 8.70. The van der Waals surface area contributed by atoms with Crippen molar-refractivity contribution in [1.29, 1.82) is 0 Å². The Morgan fingerprint density at radius 1 is 1.50 bits per heavy atom. The van der Waals surface area contributed by atoms with Crippen LogP contribution in [0, 0.1) is 6.92 Å². The van der Waals surface area contributed by atoms with Gasteiger partial charge in [-0.15, -0.1) is 5.10 Å². The van der Waals surface area contributed by atoms with E-state index in [4.69, 9.17) is 0 Å². The number of carbonyl (C=O) groups is 1. The summed E-state index contributed by atoms with van der Waals surface area (Å²) in [5.74, 6) is 0.168. The minimum absolute atomic E-state index is 0.00954. The van der Waals surface area contributed by atoms with Crippen molar-refractivity contribution in [3.05, 3.63) is 5.82 Å². The van der Waals surface area contributed by atoms with Gasteiger partial charge < -0.3 is 0 Å². The number of aryl methyl sites for hydroxylation is 1. The fourth-order valence-corrected chi connectivity index (χ4v) is 2.57. The molecule has 0 saturated carbocycles. The number of nitrogens with one attached hydrogen (secondary N) is 3. The minimum Gasteiger partial charge on any atom is -0.292 e. The van der Waals surface area contributed by atoms with Crippen LogP contribution in [0.5, 0.6) is 0 Å². The molecule has 18 heavy (non-hydrogen) atoms. The molecule has 1 heterocycles. The third kappa shape index (κ3) is 4.41. The number of anilines is 1. The predicted octanol–water partition coefficient (Wildman–Crippen LogP) is -0.230. The fraction of sp³-hybridized carbons (Fsp3) is 0.667. The molecular formula is C9H17N5O3S. The lowest BCUT2D eigenvalue weighted by atomic mass is 10.3. The summed E-state index contributed by atoms with van der Waals surface area (Å²) in [5.41, 5.74) is 0. The van der Waals surface area contributed by atoms with Crippen LogP contribution < -0.4 is 10.0 Å². The van der Waals surface area contributed by atoms with Gasteiger partial charge in [0.05, 0.1) is 11.8 Å². The molecule has 1 atom stereocenters. The molecular weight excluding hydrogens is 258 g/mol. The van der Waals surface area contributed by atoms with Crippen molar-refractivity contribution in [2.75, 3.05) is 11.1 Å². The summed E-state index contributed by atoms with van der Waals surface area (Å²) in [4.78, 5) is 15.6. The number of hydrogen-bond donors (Lipinski definition) is 3. The van der Waals surface area contributed by atoms with Gasteiger partial charge in [-0.2, -0.15) is 4.98 Å². The van der Waals surface area contributed by atoms with Crippen LogP contribution in [0.2, 0.25) is 0 Å². The summed E-state index contributed by atoms with van der Waals surface area (Å²) < 4.78 is 25.2. The van der Waals surface area contributed by atoms with Gasteiger partial charge in [0.15, 0.2) is 0 Å². The van der Waals surface area contributed by atoms with Crippen molar-refractivity contribution in [3.63, 3.8) is 0 Å². The smallest absolute Gasteiger partial charge is 0.248 e. The van der Waals surface area contributed by atoms with Crippen LogP contribution in [0.1, 0.15) is 26.1 Å². The van der Waals surface area contributed by atoms with Gasteiger partial charge in [0, 0.05) is 0 Å². The standard InChI is InChI=1S/C9H17N5O3S/c1-4-5-18(16,17)14-6(2)8(15)11-9-10-7(3)12-13-9/h6,14H,4-5H2,1-3H3,(H2,10,11,12,13,15). The highest BCUT2D eigenvalue weighted by atomic mass is 32.2. The topological polar surface area (TPSA) is 117 Å². The molecule has 1 aromatic heterocycles. The average molecular weight is 275 g/mol. The summed E-state index contributed by atoms with van der Waals surface area (Å²) in [6, 6.07) is -0.875. The van der Waals surface area contributed by atoms with Crippen molar-refractivity contribution in [2.24, 2.45) is 0 Å². The quantitative estimate of drug-likeness (QED) is 0.663. The molecule has 0 radical (unpaired) electrons. The molecule has 0 aliphatic carbocycles. The fourth-order valence-electron chi connectivity index (χ4n) is 1.27. The first-order valence-corrected chi connectivity index (χ1v) is 7.19. The molecule has 0 saturated heterocycles. The van der Waals surface area contributed by atoms with Crippen LogP contribution >= 0.6 is 0 Å². The van der Waals surface area contributed by atoms with Crippen molar-refractivity contribution < 1.29 is 13.2 Å². The Balaban J connectivity index is 2.57. The maximum absolute atomic E-state index is 11.7. The van der Waals surface area contributed by atoms with E-state index in [2.05, 4.69) is 25.2 Å². The first-order chi connectivity index (χ1) is 8.34. The summed E-state index contributed by atoms with van der Waals surface area (Å²) >= 11 is 0. The predicted molar refractivity (Wildman–Crippen MR) is 66.4 cm³/mol. The van der Waals surface area contributed by atoms with Crippen LogP contribution in [0.3, 0.4) is 0 Å². The van der Waals surface area contributed by atoms with Crippen LogP contribution in [-0.4, -0.2) is 41.3 Å². The number of rotatable bonds is 6. The van der Waals surface area contributed by atoms with E-state index in [0.29, 0.717) is 12.2 Å². The van der Waals surface area contributed by atoms with E-state index in [-0.39, 0.29) is 11.7 Å². The molecule has 0 fully saturated rings. The number of H-pyrrole nitrogens is 1. The van der Waals surface area contributed by atoms with Crippen molar-refractivity contribution in [3.8, 4) is 0 Å². The first-order valence-electron chi connectivity index (χ1n) is 5.54. The zero-order valence-electron chi connectivity index (χ0n) is 10.5. The molecule has 0 spiro atoms. The lowest BCUT2D eigenvalue weighted by Gasteiger charge is -2.12. The van der Waals surface area contributed by atoms with E-state index in [1.54, 1.807) is 13.8 Å². The van der Waals surface area contributed by atoms with Gasteiger partial charge in [0.1, 0.15) is 5.82 Å². The molecule has 1 aromatic rings. The highest BCUT2D eigenvalue weighted by Gasteiger charge is 2.20. The first kappa shape index (κ1) is 14.6. The van der Waals surface area contributed by atoms with Crippen LogP contribution in [0.25, 0.3) is 0 Å². The van der Waals surface area contributed by atoms with E-state index in [9.17, 15) is 13.2 Å². The Morgan fingerprint density at radius 2 is 2.17 bits per heavy atom. The third-order valence-corrected chi connectivity index (χ3v) is 3.71. The number of hydrogen-bond acceptors (Lipinski definition) is 5. The summed E-state index contributed by atoms with van der Waals surface area (Å²) in [7, 11) is -3.42. The number of aromatic amines is 1. The monoisotopic (exact) mass is 275 g/mol. The molecule has 102 valence electrons. The summed E-state index contributed by atoms with van der Waals surface area (Å²) in [6.07, 6.45) is 0.490. The maximum atomic E-state index is 11.7. The second kappa shape index (κ2) is 5.91. The van der Waals surface area contributed by atoms with Gasteiger partial charge in [-0.05, 0) is 20.3 Å². The molecule has 1 amide bonds. The van der Waals surface area contributed by atoms with Crippen LogP contribution in [0.4, 0.5) is 5.95 Å². The van der Waals surface area contributed by atoms with E-state index < -0.39 is 22.0 Å². The Kier molecular flexibility index (Phi) is 4.79. The van der Waals surface area contributed by atoms with Gasteiger partial charge >= 0.3 is 0 Å². The highest BCUT2D eigenvalue weighted by Crippen LogP contribution is 1.99. The second-order valence-corrected chi connectivity index (χ2v) is 5.77. The van der Waals surface area contributed by atoms with E-state index in [0.717, 1.165) is 0 Å². The van der Waals surface area contributed by atoms with Crippen LogP contribution in [0.15, 0.2) is 0 Å². The molecule has 9 heteroatoms.